The molecule has 6 heteroatoms. The van der Waals surface area contributed by atoms with E-state index in [-0.39, 0.29) is 5.25 Å². The van der Waals surface area contributed by atoms with Crippen LogP contribution in [0.3, 0.4) is 0 Å². The molecular weight excluding hydrogens is 366 g/mol. The number of thiol groups is 1. The second-order valence-corrected chi connectivity index (χ2v) is 7.37. The van der Waals surface area contributed by atoms with Crippen molar-refractivity contribution in [3.8, 4) is 22.5 Å². The number of rotatable bonds is 8. The van der Waals surface area contributed by atoms with Gasteiger partial charge in [-0.15, -0.1) is 0 Å². The Morgan fingerprint density at radius 3 is 2.32 bits per heavy atom. The van der Waals surface area contributed by atoms with Crippen LogP contribution in [0, 0.1) is 0 Å². The summed E-state index contributed by atoms with van der Waals surface area (Å²) in [7, 11) is 0. The monoisotopic (exact) mass is 389 g/mol. The van der Waals surface area contributed by atoms with E-state index < -0.39 is 0 Å². The predicted octanol–water partition coefficient (Wildman–Crippen LogP) is 5.18. The van der Waals surface area contributed by atoms with E-state index >= 15 is 0 Å². The van der Waals surface area contributed by atoms with E-state index in [1.54, 1.807) is 12.7 Å². The van der Waals surface area contributed by atoms with E-state index in [1.165, 1.54) is 0 Å². The fourth-order valence-electron chi connectivity index (χ4n) is 3.26. The first kappa shape index (κ1) is 18.5. The first-order valence-electron chi connectivity index (χ1n) is 9.52. The van der Waals surface area contributed by atoms with Gasteiger partial charge >= 0.3 is 0 Å². The number of hydrogen-bond acceptors (Lipinski definition) is 4. The summed E-state index contributed by atoms with van der Waals surface area (Å²) in [6.45, 7) is 0.878. The Kier molecular flexibility index (Phi) is 5.87. The van der Waals surface area contributed by atoms with Crippen LogP contribution in [0.5, 0.6) is 0 Å². The lowest BCUT2D eigenvalue weighted by atomic mass is 10.1. The zero-order valence-electron chi connectivity index (χ0n) is 15.6. The Labute approximate surface area is 170 Å². The molecule has 2 heterocycles. The van der Waals surface area contributed by atoms with E-state index in [2.05, 4.69) is 39.3 Å². The van der Waals surface area contributed by atoms with Crippen LogP contribution in [-0.2, 0) is 6.54 Å². The fourth-order valence-corrected chi connectivity index (χ4v) is 3.57. The molecule has 0 fully saturated rings. The van der Waals surface area contributed by atoms with E-state index in [0.717, 1.165) is 54.1 Å². The molecular formula is C22H23N5S. The van der Waals surface area contributed by atoms with Crippen molar-refractivity contribution in [2.45, 2.75) is 31.1 Å². The van der Waals surface area contributed by atoms with Gasteiger partial charge in [-0.2, -0.15) is 17.7 Å². The summed E-state index contributed by atoms with van der Waals surface area (Å²) in [6, 6.07) is 20.6. The molecule has 4 rings (SSSR count). The van der Waals surface area contributed by atoms with E-state index in [4.69, 9.17) is 17.6 Å². The molecule has 28 heavy (non-hydrogen) atoms. The van der Waals surface area contributed by atoms with Gasteiger partial charge in [0.05, 0.1) is 16.6 Å². The highest BCUT2D eigenvalue weighted by molar-refractivity contribution is 7.80. The lowest BCUT2D eigenvalue weighted by Crippen LogP contribution is -2.00. The highest BCUT2D eigenvalue weighted by atomic mass is 32.1. The van der Waals surface area contributed by atoms with E-state index in [1.807, 2.05) is 41.1 Å². The number of aryl methyl sites for hydroxylation is 1. The van der Waals surface area contributed by atoms with Crippen LogP contribution in [0.15, 0.2) is 73.3 Å². The molecule has 0 aliphatic carbocycles. The molecule has 4 aromatic rings. The lowest BCUT2D eigenvalue weighted by molar-refractivity contribution is 0.539. The van der Waals surface area contributed by atoms with Gasteiger partial charge in [0.15, 0.2) is 0 Å². The summed E-state index contributed by atoms with van der Waals surface area (Å²) in [6.07, 6.45) is 6.37. The van der Waals surface area contributed by atoms with E-state index in [9.17, 15) is 0 Å². The molecule has 0 spiro atoms. The average molecular weight is 390 g/mol. The minimum atomic E-state index is 0.0654. The number of benzene rings is 2. The van der Waals surface area contributed by atoms with Crippen molar-refractivity contribution in [2.24, 2.45) is 0 Å². The summed E-state index contributed by atoms with van der Waals surface area (Å²) in [5.41, 5.74) is 4.26. The van der Waals surface area contributed by atoms with Crippen LogP contribution >= 0.6 is 12.6 Å². The summed E-state index contributed by atoms with van der Waals surface area (Å²) in [5, 5.41) is 4.21. The molecule has 1 N–H and O–H groups in total. The average Bonchev–Trinajstić information content (AvgIpc) is 3.42. The molecule has 5 nitrogen and oxygen atoms in total. The second kappa shape index (κ2) is 8.89. The Morgan fingerprint density at radius 1 is 0.929 bits per heavy atom. The lowest BCUT2D eigenvalue weighted by Gasteiger charge is -2.07. The molecule has 2 aromatic carbocycles. The van der Waals surface area contributed by atoms with Gasteiger partial charge in [-0.3, -0.25) is 4.68 Å². The molecule has 0 aliphatic heterocycles. The van der Waals surface area contributed by atoms with Gasteiger partial charge in [-0.05, 0) is 12.8 Å². The third kappa shape index (κ3) is 4.34. The van der Waals surface area contributed by atoms with Gasteiger partial charge in [0.1, 0.15) is 18.5 Å². The van der Waals surface area contributed by atoms with Crippen molar-refractivity contribution < 1.29 is 0 Å². The summed E-state index contributed by atoms with van der Waals surface area (Å²) in [4.78, 5) is 12.4. The minimum absolute atomic E-state index is 0.0654. The maximum absolute atomic E-state index is 4.93. The van der Waals surface area contributed by atoms with Crippen LogP contribution in [0.4, 0.5) is 0 Å². The minimum Gasteiger partial charge on any atom is -0.341 e. The molecule has 0 saturated carbocycles. The summed E-state index contributed by atoms with van der Waals surface area (Å²) in [5.74, 6) is 0.918. The topological polar surface area (TPSA) is 59.4 Å². The number of H-pyrrole nitrogens is 1. The van der Waals surface area contributed by atoms with Gasteiger partial charge in [-0.1, -0.05) is 67.1 Å². The molecule has 1 unspecified atom stereocenters. The normalized spacial score (nSPS) is 12.2. The first-order chi connectivity index (χ1) is 13.8. The zero-order valence-corrected chi connectivity index (χ0v) is 16.5. The van der Waals surface area contributed by atoms with Crippen LogP contribution in [-0.4, -0.2) is 24.7 Å². The number of aromatic amines is 1. The summed E-state index contributed by atoms with van der Waals surface area (Å²) >= 11 is 4.82. The highest BCUT2D eigenvalue weighted by Crippen LogP contribution is 2.34. The van der Waals surface area contributed by atoms with E-state index in [0.29, 0.717) is 0 Å². The number of hydrogen-bond donors (Lipinski definition) is 2. The number of aromatic nitrogens is 5. The first-order valence-corrected chi connectivity index (χ1v) is 10.0. The van der Waals surface area contributed by atoms with Gasteiger partial charge < -0.3 is 4.98 Å². The van der Waals surface area contributed by atoms with Crippen LogP contribution in [0.2, 0.25) is 0 Å². The Morgan fingerprint density at radius 2 is 1.64 bits per heavy atom. The maximum Gasteiger partial charge on any atom is 0.137 e. The molecule has 0 amide bonds. The predicted molar refractivity (Wildman–Crippen MR) is 115 cm³/mol. The van der Waals surface area contributed by atoms with Gasteiger partial charge in [-0.25, -0.2) is 9.97 Å². The maximum atomic E-state index is 4.93. The van der Waals surface area contributed by atoms with Crippen LogP contribution < -0.4 is 0 Å². The smallest absolute Gasteiger partial charge is 0.137 e. The Bertz CT molecular complexity index is 923. The third-order valence-corrected chi connectivity index (χ3v) is 5.23. The van der Waals surface area contributed by atoms with Crippen molar-refractivity contribution in [1.29, 1.82) is 0 Å². The third-order valence-electron chi connectivity index (χ3n) is 4.73. The SMILES string of the molecule is SC(CCCCn1cncn1)c1nc(-c2ccccc2)c(-c2ccccc2)[nH]1. The molecule has 142 valence electrons. The largest absolute Gasteiger partial charge is 0.341 e. The van der Waals surface area contributed by atoms with Gasteiger partial charge in [0.25, 0.3) is 0 Å². The quantitative estimate of drug-likeness (QED) is 0.323. The molecule has 2 aromatic heterocycles. The summed E-state index contributed by atoms with van der Waals surface area (Å²) < 4.78 is 1.86. The van der Waals surface area contributed by atoms with Crippen molar-refractivity contribution in [3.63, 3.8) is 0 Å². The van der Waals surface area contributed by atoms with Gasteiger partial charge in [0, 0.05) is 17.7 Å². The molecule has 0 saturated heterocycles. The Hall–Kier alpha value is -2.86. The van der Waals surface area contributed by atoms with Crippen molar-refractivity contribution in [3.05, 3.63) is 79.1 Å². The second-order valence-electron chi connectivity index (χ2n) is 6.75. The number of nitrogens with one attached hydrogen (secondary N) is 1. The van der Waals surface area contributed by atoms with Crippen LogP contribution in [0.1, 0.15) is 30.3 Å². The van der Waals surface area contributed by atoms with Gasteiger partial charge in [0.2, 0.25) is 0 Å². The fraction of sp³-hybridized carbons (Fsp3) is 0.227. The number of unbranched alkanes of at least 4 members (excludes halogenated alkanes) is 1. The van der Waals surface area contributed by atoms with Crippen molar-refractivity contribution in [2.75, 3.05) is 0 Å². The van der Waals surface area contributed by atoms with Crippen molar-refractivity contribution >= 4 is 12.6 Å². The van der Waals surface area contributed by atoms with Crippen LogP contribution in [0.25, 0.3) is 22.5 Å². The molecule has 1 atom stereocenters. The standard InChI is InChI=1S/C22H23N5S/c28-19(13-7-8-14-27-16-23-15-24-27)22-25-20(17-9-3-1-4-10-17)21(26-22)18-11-5-2-6-12-18/h1-6,9-12,15-16,19,28H,7-8,13-14H2,(H,25,26). The van der Waals surface area contributed by atoms with Crippen molar-refractivity contribution in [1.82, 2.24) is 24.7 Å². The molecule has 0 radical (unpaired) electrons. The number of nitrogens with zero attached hydrogens (tertiary/aromatic N) is 4. The number of imidazole rings is 1. The highest BCUT2D eigenvalue weighted by Gasteiger charge is 2.18. The molecule has 0 bridgehead atoms. The zero-order chi connectivity index (χ0) is 19.2. The Balaban J connectivity index is 1.51. The molecule has 0 aliphatic rings.